The Kier molecular flexibility index (Phi) is 12.8. The van der Waals surface area contributed by atoms with Gasteiger partial charge < -0.3 is 8.97 Å². The summed E-state index contributed by atoms with van der Waals surface area (Å²) in [5.41, 5.74) is 0. The van der Waals surface area contributed by atoms with E-state index in [1.807, 2.05) is 6.26 Å². The maximum atomic E-state index is 13.2. The van der Waals surface area contributed by atoms with Gasteiger partial charge in [-0.25, -0.2) is 4.57 Å². The van der Waals surface area contributed by atoms with Gasteiger partial charge in [0.15, 0.2) is 0 Å². The second-order valence-corrected chi connectivity index (χ2v) is 13.0. The van der Waals surface area contributed by atoms with E-state index < -0.39 is 16.9 Å². The Bertz CT molecular complexity index is 444. The zero-order valence-corrected chi connectivity index (χ0v) is 20.2. The molecule has 0 rings (SSSR count). The second-order valence-electron chi connectivity index (χ2n) is 7.15. The maximum Gasteiger partial charge on any atom is 0.383 e. The summed E-state index contributed by atoms with van der Waals surface area (Å²) in [5, 5.41) is 0. The minimum absolute atomic E-state index is 0.468. The zero-order chi connectivity index (χ0) is 20.3. The molecule has 0 spiro atoms. The number of hydrogen-bond donors (Lipinski definition) is 0. The highest BCUT2D eigenvalue weighted by Gasteiger charge is 2.30. The van der Waals surface area contributed by atoms with Crippen LogP contribution in [0.2, 0.25) is 0 Å². The van der Waals surface area contributed by atoms with Gasteiger partial charge in [0.25, 0.3) is 0 Å². The van der Waals surface area contributed by atoms with Gasteiger partial charge in [-0.05, 0) is 47.3 Å². The summed E-state index contributed by atoms with van der Waals surface area (Å²) in [6.45, 7) is 19.3. The summed E-state index contributed by atoms with van der Waals surface area (Å²) in [7, 11) is -0.642. The number of likely N-dealkylation sites (N-methyl/N-ethyl adjacent to an activating group) is 2. The van der Waals surface area contributed by atoms with E-state index in [4.69, 9.17) is 9.05 Å². The first-order valence-corrected chi connectivity index (χ1v) is 14.2. The normalized spacial score (nSPS) is 16.4. The van der Waals surface area contributed by atoms with Gasteiger partial charge in [0.1, 0.15) is 26.3 Å². The zero-order valence-electron chi connectivity index (χ0n) is 18.5. The molecule has 0 fully saturated rings. The van der Waals surface area contributed by atoms with Crippen molar-refractivity contribution in [3.8, 4) is 0 Å². The van der Waals surface area contributed by atoms with Gasteiger partial charge in [-0.15, -0.1) is 0 Å². The smallest absolute Gasteiger partial charge is 0.322 e. The molecule has 0 heterocycles. The van der Waals surface area contributed by atoms with Crippen molar-refractivity contribution in [1.82, 2.24) is 0 Å². The van der Waals surface area contributed by atoms with E-state index in [0.717, 1.165) is 67.7 Å². The molecule has 2 unspecified atom stereocenters. The lowest BCUT2D eigenvalue weighted by atomic mass is 10.3. The highest BCUT2D eigenvalue weighted by molar-refractivity contribution is 8.63. The lowest BCUT2D eigenvalue weighted by molar-refractivity contribution is -0.925. The van der Waals surface area contributed by atoms with Gasteiger partial charge in [-0.3, -0.25) is 9.05 Å². The minimum atomic E-state index is -3.14. The SMILES string of the molecule is C=S(C)P(=O)(OCC[N+](CC)(CC)CC)OCC[N+](CC)(CC)CCC. The Morgan fingerprint density at radius 1 is 0.769 bits per heavy atom. The third-order valence-corrected chi connectivity index (χ3v) is 10.7. The molecule has 0 N–H and O–H groups in total. The molecule has 0 aliphatic heterocycles. The van der Waals surface area contributed by atoms with Crippen LogP contribution in [0.15, 0.2) is 0 Å². The molecule has 0 amide bonds. The van der Waals surface area contributed by atoms with Crippen LogP contribution < -0.4 is 0 Å². The molecule has 7 heteroatoms. The van der Waals surface area contributed by atoms with Crippen LogP contribution in [0.3, 0.4) is 0 Å². The van der Waals surface area contributed by atoms with Crippen molar-refractivity contribution in [3.63, 3.8) is 0 Å². The van der Waals surface area contributed by atoms with E-state index in [1.165, 1.54) is 0 Å². The van der Waals surface area contributed by atoms with Crippen molar-refractivity contribution in [2.45, 2.75) is 48.0 Å². The van der Waals surface area contributed by atoms with E-state index >= 15 is 0 Å². The molecular formula is C19H45N2O3PS+2. The maximum absolute atomic E-state index is 13.2. The first-order chi connectivity index (χ1) is 12.2. The molecule has 26 heavy (non-hydrogen) atoms. The van der Waals surface area contributed by atoms with E-state index in [1.54, 1.807) is 0 Å². The predicted octanol–water partition coefficient (Wildman–Crippen LogP) is 4.60. The first kappa shape index (κ1) is 26.3. The fourth-order valence-electron chi connectivity index (χ4n) is 3.50. The Hall–Kier alpha value is 0.290. The summed E-state index contributed by atoms with van der Waals surface area (Å²) in [4.78, 5) is 0. The van der Waals surface area contributed by atoms with Crippen molar-refractivity contribution < 1.29 is 22.6 Å². The molecule has 5 nitrogen and oxygen atoms in total. The Balaban J connectivity index is 4.80. The fraction of sp³-hybridized carbons (Fsp3) is 0.947. The van der Waals surface area contributed by atoms with Crippen LogP contribution in [-0.4, -0.2) is 86.7 Å². The lowest BCUT2D eigenvalue weighted by Gasteiger charge is -2.37. The molecule has 158 valence electrons. The molecule has 0 aliphatic rings. The van der Waals surface area contributed by atoms with Crippen LogP contribution in [0.25, 0.3) is 0 Å². The van der Waals surface area contributed by atoms with Gasteiger partial charge in [0, 0.05) is 0 Å². The molecule has 0 aromatic heterocycles. The number of quaternary nitrogens is 2. The average Bonchev–Trinajstić information content (AvgIpc) is 2.64. The summed E-state index contributed by atoms with van der Waals surface area (Å²) in [5.74, 6) is 3.98. The number of nitrogens with zero attached hydrogens (tertiary/aromatic N) is 2. The van der Waals surface area contributed by atoms with E-state index in [9.17, 15) is 4.57 Å². The monoisotopic (exact) mass is 412 g/mol. The van der Waals surface area contributed by atoms with Crippen molar-refractivity contribution in [3.05, 3.63) is 0 Å². The van der Waals surface area contributed by atoms with Crippen LogP contribution in [0.5, 0.6) is 0 Å². The Morgan fingerprint density at radius 2 is 1.15 bits per heavy atom. The quantitative estimate of drug-likeness (QED) is 0.211. The van der Waals surface area contributed by atoms with Crippen molar-refractivity contribution in [2.75, 3.05) is 71.8 Å². The van der Waals surface area contributed by atoms with Crippen LogP contribution in [0.1, 0.15) is 48.0 Å². The third-order valence-electron chi connectivity index (χ3n) is 6.06. The standard InChI is InChI=1S/C19H45N2O3PS/c1-9-15-21(13-5,14-6)17-19-24-25(22,26(7)8)23-18-16-20(10-2,11-3)12-4/h7,9-19H2,1-6,8H3/q+2. The van der Waals surface area contributed by atoms with Gasteiger partial charge in [0.05, 0.1) is 39.3 Å². The van der Waals surface area contributed by atoms with E-state index in [-0.39, 0.29) is 0 Å². The van der Waals surface area contributed by atoms with Crippen LogP contribution in [-0.2, 0) is 13.6 Å². The molecule has 0 aromatic carbocycles. The fourth-order valence-corrected chi connectivity index (χ4v) is 6.07. The Labute approximate surface area is 165 Å². The number of rotatable bonds is 16. The van der Waals surface area contributed by atoms with Crippen molar-refractivity contribution >= 4 is 22.8 Å². The summed E-state index contributed by atoms with van der Waals surface area (Å²) in [6.07, 6.45) is 3.00. The van der Waals surface area contributed by atoms with Gasteiger partial charge >= 0.3 is 6.80 Å². The van der Waals surface area contributed by atoms with E-state index in [0.29, 0.717) is 13.2 Å². The van der Waals surface area contributed by atoms with Crippen molar-refractivity contribution in [2.24, 2.45) is 0 Å². The molecule has 0 aliphatic carbocycles. The molecule has 0 aromatic rings. The number of hydrogen-bond acceptors (Lipinski definition) is 3. The first-order valence-electron chi connectivity index (χ1n) is 10.3. The van der Waals surface area contributed by atoms with Gasteiger partial charge in [0.2, 0.25) is 0 Å². The lowest BCUT2D eigenvalue weighted by Crippen LogP contribution is -2.50. The molecule has 0 saturated heterocycles. The topological polar surface area (TPSA) is 35.5 Å². The average molecular weight is 413 g/mol. The predicted molar refractivity (Wildman–Crippen MR) is 118 cm³/mol. The second kappa shape index (κ2) is 12.7. The highest BCUT2D eigenvalue weighted by atomic mass is 32.8. The summed E-state index contributed by atoms with van der Waals surface area (Å²) >= 11 is 0. The molecule has 0 bridgehead atoms. The van der Waals surface area contributed by atoms with Crippen LogP contribution in [0.4, 0.5) is 0 Å². The highest BCUT2D eigenvalue weighted by Crippen LogP contribution is 2.62. The van der Waals surface area contributed by atoms with Gasteiger partial charge in [-0.1, -0.05) is 22.9 Å². The third kappa shape index (κ3) is 7.73. The summed E-state index contributed by atoms with van der Waals surface area (Å²) < 4.78 is 26.9. The van der Waals surface area contributed by atoms with Crippen molar-refractivity contribution in [1.29, 1.82) is 0 Å². The van der Waals surface area contributed by atoms with Crippen LogP contribution in [0, 0.1) is 0 Å². The van der Waals surface area contributed by atoms with E-state index in [2.05, 4.69) is 47.4 Å². The van der Waals surface area contributed by atoms with Crippen LogP contribution >= 0.6 is 16.9 Å². The minimum Gasteiger partial charge on any atom is -0.322 e. The molecule has 2 atom stereocenters. The molecule has 0 saturated carbocycles. The summed E-state index contributed by atoms with van der Waals surface area (Å²) in [6, 6.07) is 0. The molecule has 0 radical (unpaired) electrons. The van der Waals surface area contributed by atoms with Gasteiger partial charge in [-0.2, -0.15) is 0 Å². The Morgan fingerprint density at radius 3 is 1.46 bits per heavy atom. The largest absolute Gasteiger partial charge is 0.383 e. The molecular weight excluding hydrogens is 367 g/mol.